The van der Waals surface area contributed by atoms with Gasteiger partial charge in [0.1, 0.15) is 5.75 Å². The third-order valence-electron chi connectivity index (χ3n) is 5.61. The Morgan fingerprint density at radius 3 is 2.20 bits per heavy atom. The number of aliphatic hydroxyl groups excluding tert-OH is 1. The normalized spacial score (nSPS) is 13.9. The molecule has 7 heteroatoms. The summed E-state index contributed by atoms with van der Waals surface area (Å²) in [5.74, 6) is 1.21. The molecule has 0 aliphatic carbocycles. The monoisotopic (exact) mass is 487 g/mol. The number of pyridine rings is 1. The number of ether oxygens (including phenoxy) is 2. The number of aryl methyl sites for hydroxylation is 2. The maximum absolute atomic E-state index is 11.9. The minimum atomic E-state index is 0.00940. The molecule has 0 bridgehead atoms. The second-order valence-corrected chi connectivity index (χ2v) is 8.66. The number of allylic oxidation sites excluding steroid dienone is 4. The van der Waals surface area contributed by atoms with Crippen molar-refractivity contribution in [1.82, 2.24) is 10.3 Å². The molecule has 1 aromatic heterocycles. The van der Waals surface area contributed by atoms with Crippen LogP contribution in [0.4, 0.5) is 0 Å². The number of hydrogen-bond acceptors (Lipinski definition) is 6. The standard InChI is InChI=1S/C14H23NO3.C10H15NO.C4H7N/c1-5-11(14(9(2)3)10(4)16)6-13(17)15-12-7-18-8-12;1-5-9-6-11-8(3)10(12-4)7(9)2;1-4(2)5-3/h11-12,16H,2,5-8H2,1,3-4H3,(H,15,17);6H,5H2,1-4H3;1,3H2,2H3/b14-10-;;. The Kier molecular flexibility index (Phi) is 15.3. The van der Waals surface area contributed by atoms with Crippen LogP contribution in [-0.2, 0) is 16.0 Å². The highest BCUT2D eigenvalue weighted by Gasteiger charge is 2.24. The molecule has 2 N–H and O–H groups in total. The molecule has 0 aromatic carbocycles. The van der Waals surface area contributed by atoms with Crippen LogP contribution in [0, 0.1) is 19.8 Å². The average molecular weight is 488 g/mol. The first-order valence-electron chi connectivity index (χ1n) is 12.0. The van der Waals surface area contributed by atoms with Crippen LogP contribution in [0.3, 0.4) is 0 Å². The van der Waals surface area contributed by atoms with E-state index in [1.165, 1.54) is 11.1 Å². The Labute approximate surface area is 212 Å². The molecule has 1 amide bonds. The third-order valence-corrected chi connectivity index (χ3v) is 5.61. The van der Waals surface area contributed by atoms with Crippen molar-refractivity contribution in [1.29, 1.82) is 0 Å². The lowest BCUT2D eigenvalue weighted by molar-refractivity contribution is -0.125. The van der Waals surface area contributed by atoms with Crippen LogP contribution in [-0.4, -0.2) is 49.1 Å². The van der Waals surface area contributed by atoms with E-state index in [0.717, 1.165) is 41.1 Å². The zero-order chi connectivity index (χ0) is 27.1. The molecular formula is C28H45N3O4. The van der Waals surface area contributed by atoms with Gasteiger partial charge in [-0.3, -0.25) is 14.8 Å². The topological polar surface area (TPSA) is 93.0 Å². The fraction of sp³-hybridized carbons (Fsp3) is 0.536. The zero-order valence-electron chi connectivity index (χ0n) is 23.0. The van der Waals surface area contributed by atoms with Gasteiger partial charge in [-0.25, -0.2) is 0 Å². The highest BCUT2D eigenvalue weighted by molar-refractivity contribution is 5.77. The number of hydrogen-bond donors (Lipinski definition) is 2. The zero-order valence-corrected chi connectivity index (χ0v) is 23.0. The minimum Gasteiger partial charge on any atom is -0.512 e. The maximum atomic E-state index is 11.9. The van der Waals surface area contributed by atoms with Crippen molar-refractivity contribution in [2.24, 2.45) is 10.9 Å². The predicted molar refractivity (Wildman–Crippen MR) is 145 cm³/mol. The fourth-order valence-corrected chi connectivity index (χ4v) is 3.64. The molecular weight excluding hydrogens is 442 g/mol. The molecule has 1 unspecified atom stereocenters. The Balaban J connectivity index is 0.000000583. The van der Waals surface area contributed by atoms with Crippen LogP contribution < -0.4 is 10.1 Å². The van der Waals surface area contributed by atoms with E-state index in [9.17, 15) is 9.90 Å². The van der Waals surface area contributed by atoms with Gasteiger partial charge in [0.25, 0.3) is 0 Å². The Bertz CT molecular complexity index is 898. The first-order valence-corrected chi connectivity index (χ1v) is 12.0. The maximum Gasteiger partial charge on any atom is 0.220 e. The first kappa shape index (κ1) is 32.1. The molecule has 1 atom stereocenters. The van der Waals surface area contributed by atoms with Crippen LogP contribution in [0.1, 0.15) is 64.3 Å². The molecule has 7 nitrogen and oxygen atoms in total. The summed E-state index contributed by atoms with van der Waals surface area (Å²) in [6, 6.07) is 0.155. The number of aliphatic hydroxyl groups is 1. The summed E-state index contributed by atoms with van der Waals surface area (Å²) >= 11 is 0. The second-order valence-electron chi connectivity index (χ2n) is 8.66. The van der Waals surface area contributed by atoms with E-state index in [1.807, 2.05) is 27.0 Å². The lowest BCUT2D eigenvalue weighted by Gasteiger charge is -2.28. The summed E-state index contributed by atoms with van der Waals surface area (Å²) < 4.78 is 10.3. The van der Waals surface area contributed by atoms with Crippen molar-refractivity contribution in [2.75, 3.05) is 20.3 Å². The van der Waals surface area contributed by atoms with Crippen molar-refractivity contribution in [3.8, 4) is 5.75 Å². The summed E-state index contributed by atoms with van der Waals surface area (Å²) in [6.45, 7) is 25.2. The number of amides is 1. The van der Waals surface area contributed by atoms with Gasteiger partial charge in [-0.15, -0.1) is 0 Å². The van der Waals surface area contributed by atoms with Gasteiger partial charge in [0.15, 0.2) is 0 Å². The van der Waals surface area contributed by atoms with Gasteiger partial charge >= 0.3 is 0 Å². The molecule has 35 heavy (non-hydrogen) atoms. The smallest absolute Gasteiger partial charge is 0.220 e. The number of rotatable bonds is 9. The van der Waals surface area contributed by atoms with E-state index in [-0.39, 0.29) is 23.6 Å². The molecule has 0 spiro atoms. The number of nitrogens with one attached hydrogen (secondary N) is 1. The van der Waals surface area contributed by atoms with Crippen LogP contribution in [0.25, 0.3) is 0 Å². The average Bonchev–Trinajstić information content (AvgIpc) is 2.76. The van der Waals surface area contributed by atoms with Gasteiger partial charge in [0, 0.05) is 18.3 Å². The van der Waals surface area contributed by atoms with Crippen molar-refractivity contribution < 1.29 is 19.4 Å². The van der Waals surface area contributed by atoms with Gasteiger partial charge < -0.3 is 19.9 Å². The van der Waals surface area contributed by atoms with Gasteiger partial charge in [0.05, 0.1) is 37.8 Å². The van der Waals surface area contributed by atoms with E-state index in [2.05, 4.69) is 49.0 Å². The Morgan fingerprint density at radius 2 is 1.86 bits per heavy atom. The van der Waals surface area contributed by atoms with Crippen molar-refractivity contribution in [3.05, 3.63) is 58.8 Å². The highest BCUT2D eigenvalue weighted by Crippen LogP contribution is 2.27. The molecule has 1 aromatic rings. The number of carbonyl (C=O) groups excluding carboxylic acids is 1. The summed E-state index contributed by atoms with van der Waals surface area (Å²) in [4.78, 5) is 19.6. The van der Waals surface area contributed by atoms with Gasteiger partial charge in [0.2, 0.25) is 5.91 Å². The lowest BCUT2D eigenvalue weighted by Crippen LogP contribution is -2.48. The van der Waals surface area contributed by atoms with E-state index < -0.39 is 0 Å². The Morgan fingerprint density at radius 1 is 1.29 bits per heavy atom. The number of nitrogens with zero attached hydrogens (tertiary/aromatic N) is 2. The van der Waals surface area contributed by atoms with Crippen LogP contribution in [0.5, 0.6) is 5.75 Å². The first-order chi connectivity index (χ1) is 16.4. The van der Waals surface area contributed by atoms with Crippen molar-refractivity contribution in [2.45, 2.75) is 73.8 Å². The number of aliphatic imine (C=N–C) groups is 1. The second kappa shape index (κ2) is 16.7. The number of aromatic nitrogens is 1. The third kappa shape index (κ3) is 11.4. The summed E-state index contributed by atoms with van der Waals surface area (Å²) in [6.07, 6.45) is 4.12. The molecule has 1 aliphatic rings. The van der Waals surface area contributed by atoms with E-state index in [1.54, 1.807) is 21.0 Å². The highest BCUT2D eigenvalue weighted by atomic mass is 16.5. The SMILES string of the molecule is C=C(C)/C(=C(\C)O)C(CC)CC(=O)NC1COC1.C=NC(=C)C.CCc1cnc(C)c(OC)c1C. The summed E-state index contributed by atoms with van der Waals surface area (Å²) in [5, 5.41) is 12.6. The molecule has 0 radical (unpaired) electrons. The van der Waals surface area contributed by atoms with Crippen LogP contribution in [0.2, 0.25) is 0 Å². The largest absolute Gasteiger partial charge is 0.512 e. The van der Waals surface area contributed by atoms with Gasteiger partial charge in [-0.2, -0.15) is 0 Å². The lowest BCUT2D eigenvalue weighted by atomic mass is 9.87. The molecule has 0 saturated carbocycles. The number of carbonyl (C=O) groups is 1. The van der Waals surface area contributed by atoms with Crippen molar-refractivity contribution >= 4 is 12.6 Å². The summed E-state index contributed by atoms with van der Waals surface area (Å²) in [5.41, 5.74) is 5.83. The van der Waals surface area contributed by atoms with Crippen LogP contribution in [0.15, 0.2) is 46.9 Å². The molecule has 1 aliphatic heterocycles. The van der Waals surface area contributed by atoms with Crippen LogP contribution >= 0.6 is 0 Å². The molecule has 2 rings (SSSR count). The molecule has 2 heterocycles. The minimum absolute atomic E-state index is 0.00940. The molecule has 1 saturated heterocycles. The van der Waals surface area contributed by atoms with E-state index >= 15 is 0 Å². The van der Waals surface area contributed by atoms with Crippen molar-refractivity contribution in [3.63, 3.8) is 0 Å². The summed E-state index contributed by atoms with van der Waals surface area (Å²) in [7, 11) is 1.69. The van der Waals surface area contributed by atoms with Gasteiger partial charge in [-0.05, 0) is 76.8 Å². The predicted octanol–water partition coefficient (Wildman–Crippen LogP) is 5.82. The number of methoxy groups -OCH3 is 1. The van der Waals surface area contributed by atoms with E-state index in [4.69, 9.17) is 9.47 Å². The molecule has 1 fully saturated rings. The Hall–Kier alpha value is -2.93. The quantitative estimate of drug-likeness (QED) is 0.260. The molecule has 196 valence electrons. The van der Waals surface area contributed by atoms with E-state index in [0.29, 0.717) is 19.6 Å². The van der Waals surface area contributed by atoms with Gasteiger partial charge in [-0.1, -0.05) is 32.6 Å². The fourth-order valence-electron chi connectivity index (χ4n) is 3.64.